The summed E-state index contributed by atoms with van der Waals surface area (Å²) in [6.07, 6.45) is 7.69. The lowest BCUT2D eigenvalue weighted by molar-refractivity contribution is 0.0940. The molecule has 2 aromatic heterocycles. The van der Waals surface area contributed by atoms with Gasteiger partial charge in [0.2, 0.25) is 0 Å². The molecule has 0 saturated heterocycles. The molecule has 0 unspecified atom stereocenters. The lowest BCUT2D eigenvalue weighted by atomic mass is 9.86. The number of thiazole rings is 1. The summed E-state index contributed by atoms with van der Waals surface area (Å²) in [7, 11) is 0. The number of hydrogen-bond acceptors (Lipinski definition) is 5. The van der Waals surface area contributed by atoms with E-state index in [4.69, 9.17) is 5.10 Å². The number of benzene rings is 2. The highest BCUT2D eigenvalue weighted by molar-refractivity contribution is 7.14. The third-order valence-corrected chi connectivity index (χ3v) is 7.38. The molecule has 1 aliphatic rings. The van der Waals surface area contributed by atoms with Gasteiger partial charge in [-0.05, 0) is 56.7 Å². The number of fused-ring (bicyclic) bond motifs is 1. The van der Waals surface area contributed by atoms with Crippen molar-refractivity contribution < 1.29 is 18.7 Å². The zero-order valence-electron chi connectivity index (χ0n) is 18.6. The highest BCUT2D eigenvalue weighted by atomic mass is 32.1. The molecule has 0 atom stereocenters. The fraction of sp³-hybridized carbons (Fsp3) is 0.320. The number of phenols is 1. The highest BCUT2D eigenvalue weighted by Gasteiger charge is 2.24. The first kappa shape index (κ1) is 22.5. The van der Waals surface area contributed by atoms with Gasteiger partial charge >= 0.3 is 0 Å². The summed E-state index contributed by atoms with van der Waals surface area (Å²) in [5.41, 5.74) is 1.88. The van der Waals surface area contributed by atoms with Gasteiger partial charge in [0, 0.05) is 40.3 Å². The highest BCUT2D eigenvalue weighted by Crippen LogP contribution is 2.33. The van der Waals surface area contributed by atoms with Crippen LogP contribution in [0.25, 0.3) is 21.5 Å². The number of carbonyl (C=O) groups is 1. The van der Waals surface area contributed by atoms with Crippen LogP contribution in [-0.4, -0.2) is 32.3 Å². The molecule has 0 bridgehead atoms. The van der Waals surface area contributed by atoms with E-state index in [0.29, 0.717) is 12.6 Å². The maximum Gasteiger partial charge on any atom is 0.251 e. The average Bonchev–Trinajstić information content (AvgIpc) is 3.46. The van der Waals surface area contributed by atoms with Gasteiger partial charge in [-0.15, -0.1) is 11.3 Å². The number of hydrogen-bond donors (Lipinski definition) is 2. The molecule has 0 spiro atoms. The Hall–Kier alpha value is -3.33. The second-order valence-electron chi connectivity index (χ2n) is 8.83. The summed E-state index contributed by atoms with van der Waals surface area (Å²) in [5.74, 6) is -3.63. The van der Waals surface area contributed by atoms with Crippen molar-refractivity contribution in [2.45, 2.75) is 38.6 Å². The van der Waals surface area contributed by atoms with Crippen molar-refractivity contribution in [1.82, 2.24) is 20.1 Å². The monoisotopic (exact) mass is 482 g/mol. The van der Waals surface area contributed by atoms with Gasteiger partial charge in [0.1, 0.15) is 5.01 Å². The second kappa shape index (κ2) is 9.13. The standard InChI is InChI=1S/C25H24F2N4O2S/c1-14-11-29-25(34-14)16-4-5-17-13-31(30-22(17)10-16)19-6-2-15(3-7-19)12-28-24(33)18-8-20(26)23(32)21(27)9-18/h4-5,8-11,13,15,19,32H,2-3,6-7,12H2,1H3,(H,28,33)/t15-,19-. The van der Waals surface area contributed by atoms with Crippen molar-refractivity contribution in [1.29, 1.82) is 0 Å². The van der Waals surface area contributed by atoms with Gasteiger partial charge in [-0.3, -0.25) is 9.48 Å². The van der Waals surface area contributed by atoms with Crippen molar-refractivity contribution in [3.8, 4) is 16.3 Å². The molecule has 9 heteroatoms. The number of amides is 1. The van der Waals surface area contributed by atoms with Crippen molar-refractivity contribution in [3.05, 3.63) is 64.8 Å². The molecule has 4 aromatic rings. The van der Waals surface area contributed by atoms with Gasteiger partial charge in [-0.25, -0.2) is 13.8 Å². The van der Waals surface area contributed by atoms with Crippen molar-refractivity contribution >= 4 is 28.1 Å². The van der Waals surface area contributed by atoms with E-state index >= 15 is 0 Å². The number of phenolic OH excluding ortho intramolecular Hbond substituents is 1. The Kier molecular flexibility index (Phi) is 6.03. The first-order chi connectivity index (χ1) is 16.4. The number of aromatic hydroxyl groups is 1. The van der Waals surface area contributed by atoms with Crippen LogP contribution in [0, 0.1) is 24.5 Å². The Morgan fingerprint density at radius 1 is 1.18 bits per heavy atom. The lowest BCUT2D eigenvalue weighted by Gasteiger charge is -2.28. The van der Waals surface area contributed by atoms with E-state index in [9.17, 15) is 18.7 Å². The number of carbonyl (C=O) groups excluding carboxylic acids is 1. The minimum atomic E-state index is -1.15. The summed E-state index contributed by atoms with van der Waals surface area (Å²) in [5, 5.41) is 18.9. The van der Waals surface area contributed by atoms with Crippen LogP contribution in [0.2, 0.25) is 0 Å². The molecule has 2 N–H and O–H groups in total. The van der Waals surface area contributed by atoms with Crippen LogP contribution in [0.3, 0.4) is 0 Å². The molecule has 2 heterocycles. The Morgan fingerprint density at radius 2 is 1.91 bits per heavy atom. The predicted octanol–water partition coefficient (Wildman–Crippen LogP) is 5.61. The van der Waals surface area contributed by atoms with Gasteiger partial charge in [-0.2, -0.15) is 5.10 Å². The van der Waals surface area contributed by atoms with Crippen LogP contribution in [-0.2, 0) is 0 Å². The Balaban J connectivity index is 1.18. The zero-order chi connectivity index (χ0) is 23.8. The number of halogens is 2. The SMILES string of the molecule is Cc1cnc(-c2ccc3cn([C@H]4CC[C@H](CNC(=O)c5cc(F)c(O)c(F)c5)CC4)nc3c2)s1. The van der Waals surface area contributed by atoms with Crippen LogP contribution < -0.4 is 5.32 Å². The number of rotatable bonds is 5. The van der Waals surface area contributed by atoms with E-state index in [1.54, 1.807) is 11.3 Å². The molecule has 5 rings (SSSR count). The van der Waals surface area contributed by atoms with Crippen LogP contribution >= 0.6 is 11.3 Å². The minimum absolute atomic E-state index is 0.142. The van der Waals surface area contributed by atoms with E-state index in [1.165, 1.54) is 4.88 Å². The van der Waals surface area contributed by atoms with Crippen LogP contribution in [0.5, 0.6) is 5.75 Å². The normalized spacial score (nSPS) is 18.3. The van der Waals surface area contributed by atoms with Crippen LogP contribution in [0.15, 0.2) is 42.7 Å². The molecule has 34 heavy (non-hydrogen) atoms. The summed E-state index contributed by atoms with van der Waals surface area (Å²) < 4.78 is 29.1. The molecule has 1 saturated carbocycles. The van der Waals surface area contributed by atoms with E-state index in [2.05, 4.69) is 39.4 Å². The molecule has 2 aromatic carbocycles. The molecular weight excluding hydrogens is 458 g/mol. The number of aromatic nitrogens is 3. The lowest BCUT2D eigenvalue weighted by Crippen LogP contribution is -2.31. The van der Waals surface area contributed by atoms with Crippen molar-refractivity contribution in [2.24, 2.45) is 5.92 Å². The molecule has 1 fully saturated rings. The van der Waals surface area contributed by atoms with Gasteiger partial charge in [0.25, 0.3) is 5.91 Å². The topological polar surface area (TPSA) is 80.0 Å². The smallest absolute Gasteiger partial charge is 0.251 e. The fourth-order valence-corrected chi connectivity index (χ4v) is 5.25. The van der Waals surface area contributed by atoms with Gasteiger partial charge < -0.3 is 10.4 Å². The third kappa shape index (κ3) is 4.52. The Bertz CT molecular complexity index is 1340. The summed E-state index contributed by atoms with van der Waals surface area (Å²) in [6, 6.07) is 8.23. The summed E-state index contributed by atoms with van der Waals surface area (Å²) >= 11 is 1.67. The van der Waals surface area contributed by atoms with Gasteiger partial charge in [0.15, 0.2) is 17.4 Å². The first-order valence-corrected chi connectivity index (χ1v) is 12.1. The van der Waals surface area contributed by atoms with E-state index in [-0.39, 0.29) is 11.5 Å². The third-order valence-electron chi connectivity index (χ3n) is 6.41. The molecular formula is C25H24F2N4O2S. The maximum atomic E-state index is 13.5. The molecule has 6 nitrogen and oxygen atoms in total. The zero-order valence-corrected chi connectivity index (χ0v) is 19.4. The predicted molar refractivity (Wildman–Crippen MR) is 127 cm³/mol. The molecule has 176 valence electrons. The van der Waals surface area contributed by atoms with E-state index in [0.717, 1.165) is 59.3 Å². The summed E-state index contributed by atoms with van der Waals surface area (Å²) in [6.45, 7) is 2.48. The maximum absolute atomic E-state index is 13.5. The minimum Gasteiger partial charge on any atom is -0.503 e. The van der Waals surface area contributed by atoms with Gasteiger partial charge in [-0.1, -0.05) is 12.1 Å². The largest absolute Gasteiger partial charge is 0.503 e. The number of nitrogens with one attached hydrogen (secondary N) is 1. The fourth-order valence-electron chi connectivity index (χ4n) is 4.49. The molecule has 1 amide bonds. The Labute approximate surface area is 199 Å². The molecule has 0 radical (unpaired) electrons. The number of aryl methyl sites for hydroxylation is 1. The van der Waals surface area contributed by atoms with Crippen molar-refractivity contribution in [3.63, 3.8) is 0 Å². The molecule has 1 aliphatic carbocycles. The van der Waals surface area contributed by atoms with Crippen LogP contribution in [0.4, 0.5) is 8.78 Å². The van der Waals surface area contributed by atoms with E-state index in [1.807, 2.05) is 13.1 Å². The first-order valence-electron chi connectivity index (χ1n) is 11.3. The summed E-state index contributed by atoms with van der Waals surface area (Å²) in [4.78, 5) is 17.9. The number of nitrogens with zero attached hydrogens (tertiary/aromatic N) is 3. The quantitative estimate of drug-likeness (QED) is 0.387. The molecule has 0 aliphatic heterocycles. The van der Waals surface area contributed by atoms with Gasteiger partial charge in [0.05, 0.1) is 11.6 Å². The second-order valence-corrected chi connectivity index (χ2v) is 10.1. The van der Waals surface area contributed by atoms with E-state index < -0.39 is 23.3 Å². The van der Waals surface area contributed by atoms with Crippen LogP contribution in [0.1, 0.15) is 47.0 Å². The average molecular weight is 483 g/mol. The Morgan fingerprint density at radius 3 is 2.59 bits per heavy atom. The van der Waals surface area contributed by atoms with Crippen molar-refractivity contribution in [2.75, 3.05) is 6.54 Å².